The highest BCUT2D eigenvalue weighted by molar-refractivity contribution is 6.03. The Morgan fingerprint density at radius 1 is 0.605 bits per heavy atom. The molecule has 0 aliphatic rings. The maximum Gasteiger partial charge on any atom is 0.299 e. The van der Waals surface area contributed by atoms with Crippen molar-refractivity contribution in [2.75, 3.05) is 50.3 Å². The van der Waals surface area contributed by atoms with Gasteiger partial charge in [-0.15, -0.1) is 0 Å². The number of anilines is 2. The number of nitrogens with two attached hydrogens (primary N) is 5. The molecule has 30 nitrogen and oxygen atoms in total. The van der Waals surface area contributed by atoms with Crippen LogP contribution in [0.5, 0.6) is 0 Å². The highest BCUT2D eigenvalue weighted by Gasteiger charge is 2.33. The third kappa shape index (κ3) is 24.0. The number of carbonyl (C=O) groups excluding carboxylic acids is 8. The number of benzene rings is 3. The number of hydrogen-bond donors (Lipinski definition) is 14. The number of nitro benzene ring substituents is 2. The molecule has 0 radical (unpaired) electrons. The van der Waals surface area contributed by atoms with Crippen LogP contribution in [0.4, 0.5) is 22.7 Å². The van der Waals surface area contributed by atoms with Gasteiger partial charge < -0.3 is 71.2 Å². The average molecular weight is 1130 g/mol. The Hall–Kier alpha value is -9.48. The number of non-ortho nitro benzene ring substituents is 1. The van der Waals surface area contributed by atoms with Crippen LogP contribution in [-0.4, -0.2) is 139 Å². The highest BCUT2D eigenvalue weighted by atomic mass is 16.6. The van der Waals surface area contributed by atoms with Gasteiger partial charge in [0.05, 0.1) is 40.6 Å². The van der Waals surface area contributed by atoms with Gasteiger partial charge in [0, 0.05) is 44.4 Å². The van der Waals surface area contributed by atoms with Crippen LogP contribution < -0.4 is 76.5 Å². The van der Waals surface area contributed by atoms with Gasteiger partial charge in [0.2, 0.25) is 41.4 Å². The van der Waals surface area contributed by atoms with Crippen molar-refractivity contribution in [3.63, 3.8) is 0 Å². The lowest BCUT2D eigenvalue weighted by Crippen LogP contribution is -2.59. The molecule has 0 heterocycles. The summed E-state index contributed by atoms with van der Waals surface area (Å²) in [6, 6.07) is 11.5. The van der Waals surface area contributed by atoms with Crippen LogP contribution in [0, 0.1) is 32.1 Å². The topological polar surface area (TPSA) is 486 Å². The quantitative estimate of drug-likeness (QED) is 0.00820. The molecular formula is C51H74N18O12. The number of nitrogen functional groups attached to an aromatic ring is 1. The number of nitro groups is 2. The van der Waals surface area contributed by atoms with Crippen LogP contribution in [-0.2, 0) is 40.0 Å². The SMILES string of the molecule is CC(C)CC(NC(=O)C(Cc1ccccc1)NC(=O)CNC(=O)CNC(=O)c1ccccc1N)C(=O)NC(CCCN=C(N)N)C(=O)NC(CCCN=C(N)N)C(=O)NC(=O)C(NCCNc1ccc([N+](=O)[O-])cc1[N+](=O)[O-])C(C)C. The molecule has 8 amide bonds. The summed E-state index contributed by atoms with van der Waals surface area (Å²) in [6.07, 6.45) is 0.0236. The molecule has 0 spiro atoms. The second-order valence-electron chi connectivity index (χ2n) is 19.2. The van der Waals surface area contributed by atoms with Crippen LogP contribution in [0.15, 0.2) is 82.8 Å². The Balaban J connectivity index is 1.81. The monoisotopic (exact) mass is 1130 g/mol. The number of nitrogens with one attached hydrogen (secondary N) is 9. The van der Waals surface area contributed by atoms with Gasteiger partial charge in [-0.1, -0.05) is 70.2 Å². The number of aliphatic imine (C=N–C) groups is 2. The van der Waals surface area contributed by atoms with Crippen LogP contribution in [0.2, 0.25) is 0 Å². The Bertz CT molecular complexity index is 2730. The average Bonchev–Trinajstić information content (AvgIpc) is 3.42. The molecule has 0 aliphatic carbocycles. The molecule has 0 fully saturated rings. The summed E-state index contributed by atoms with van der Waals surface area (Å²) >= 11 is 0. The van der Waals surface area contributed by atoms with E-state index in [2.05, 4.69) is 57.8 Å². The molecule has 19 N–H and O–H groups in total. The zero-order valence-corrected chi connectivity index (χ0v) is 45.5. The maximum absolute atomic E-state index is 14.3. The lowest BCUT2D eigenvalue weighted by atomic mass is 10.00. The third-order valence-corrected chi connectivity index (χ3v) is 11.9. The Kier molecular flexibility index (Phi) is 27.4. The predicted molar refractivity (Wildman–Crippen MR) is 301 cm³/mol. The van der Waals surface area contributed by atoms with Crippen molar-refractivity contribution in [2.24, 2.45) is 44.8 Å². The predicted octanol–water partition coefficient (Wildman–Crippen LogP) is -1.36. The minimum absolute atomic E-state index is 0.00774. The molecule has 3 rings (SSSR count). The van der Waals surface area contributed by atoms with E-state index in [0.29, 0.717) is 5.56 Å². The van der Waals surface area contributed by atoms with Gasteiger partial charge in [-0.05, 0) is 67.7 Å². The smallest absolute Gasteiger partial charge is 0.299 e. The highest BCUT2D eigenvalue weighted by Crippen LogP contribution is 2.28. The second kappa shape index (κ2) is 33.7. The number of hydrogen-bond acceptors (Lipinski definition) is 17. The second-order valence-corrected chi connectivity index (χ2v) is 19.2. The molecular weight excluding hydrogens is 1060 g/mol. The summed E-state index contributed by atoms with van der Waals surface area (Å²) in [5.74, 6) is -7.45. The molecule has 0 aliphatic heterocycles. The summed E-state index contributed by atoms with van der Waals surface area (Å²) in [6.45, 7) is 5.94. The van der Waals surface area contributed by atoms with Crippen molar-refractivity contribution in [3.8, 4) is 0 Å². The molecule has 0 saturated carbocycles. The van der Waals surface area contributed by atoms with Crippen LogP contribution >= 0.6 is 0 Å². The number of rotatable bonds is 34. The molecule has 30 heteroatoms. The lowest BCUT2D eigenvalue weighted by molar-refractivity contribution is -0.393. The van der Waals surface area contributed by atoms with Crippen LogP contribution in [0.3, 0.4) is 0 Å². The fraction of sp³-hybridized carbons (Fsp3) is 0.451. The van der Waals surface area contributed by atoms with E-state index < -0.39 is 118 Å². The van der Waals surface area contributed by atoms with Crippen molar-refractivity contribution in [1.82, 2.24) is 42.5 Å². The van der Waals surface area contributed by atoms with Crippen molar-refractivity contribution < 1.29 is 48.2 Å². The fourth-order valence-electron chi connectivity index (χ4n) is 7.85. The molecule has 81 heavy (non-hydrogen) atoms. The minimum Gasteiger partial charge on any atom is -0.398 e. The molecule has 5 atom stereocenters. The van der Waals surface area contributed by atoms with Gasteiger partial charge in [0.1, 0.15) is 29.9 Å². The van der Waals surface area contributed by atoms with E-state index in [1.165, 1.54) is 18.2 Å². The summed E-state index contributed by atoms with van der Waals surface area (Å²) in [7, 11) is 0. The third-order valence-electron chi connectivity index (χ3n) is 11.9. The number of imide groups is 1. The minimum atomic E-state index is -1.42. The van der Waals surface area contributed by atoms with Crippen molar-refractivity contribution in [2.45, 2.75) is 96.4 Å². The molecule has 3 aromatic carbocycles. The van der Waals surface area contributed by atoms with Gasteiger partial charge in [-0.25, -0.2) is 0 Å². The van der Waals surface area contributed by atoms with Crippen LogP contribution in [0.25, 0.3) is 0 Å². The van der Waals surface area contributed by atoms with Crippen molar-refractivity contribution in [1.29, 1.82) is 0 Å². The Labute approximate surface area is 467 Å². The largest absolute Gasteiger partial charge is 0.398 e. The summed E-state index contributed by atoms with van der Waals surface area (Å²) in [5.41, 5.74) is 27.9. The van der Waals surface area contributed by atoms with E-state index >= 15 is 0 Å². The zero-order chi connectivity index (χ0) is 60.2. The van der Waals surface area contributed by atoms with Gasteiger partial charge in [0.15, 0.2) is 11.9 Å². The first kappa shape index (κ1) is 65.8. The van der Waals surface area contributed by atoms with Gasteiger partial charge in [0.25, 0.3) is 17.3 Å². The van der Waals surface area contributed by atoms with Crippen molar-refractivity contribution >= 4 is 81.9 Å². The normalized spacial score (nSPS) is 12.7. The number of nitrogens with zero attached hydrogens (tertiary/aromatic N) is 4. The van der Waals surface area contributed by atoms with Crippen molar-refractivity contribution in [3.05, 3.63) is 104 Å². The maximum atomic E-state index is 14.3. The van der Waals surface area contributed by atoms with Gasteiger partial charge in [-0.2, -0.15) is 0 Å². The Morgan fingerprint density at radius 3 is 1.73 bits per heavy atom. The summed E-state index contributed by atoms with van der Waals surface area (Å²) in [5, 5.41) is 46.4. The fourth-order valence-corrected chi connectivity index (χ4v) is 7.85. The lowest BCUT2D eigenvalue weighted by Gasteiger charge is -2.27. The summed E-state index contributed by atoms with van der Waals surface area (Å²) in [4.78, 5) is 138. The van der Waals surface area contributed by atoms with Gasteiger partial charge >= 0.3 is 0 Å². The molecule has 0 aromatic heterocycles. The molecule has 0 bridgehead atoms. The summed E-state index contributed by atoms with van der Waals surface area (Å²) < 4.78 is 0. The molecule has 5 unspecified atom stereocenters. The van der Waals surface area contributed by atoms with E-state index in [1.54, 1.807) is 70.2 Å². The molecule has 3 aromatic rings. The van der Waals surface area contributed by atoms with Gasteiger partial charge in [-0.3, -0.25) is 73.9 Å². The van der Waals surface area contributed by atoms with E-state index in [4.69, 9.17) is 28.7 Å². The first-order valence-electron chi connectivity index (χ1n) is 25.9. The molecule has 440 valence electrons. The van der Waals surface area contributed by atoms with E-state index in [9.17, 15) is 58.6 Å². The number of guanidine groups is 2. The first-order chi connectivity index (χ1) is 38.4. The zero-order valence-electron chi connectivity index (χ0n) is 45.5. The number of amides is 8. The standard InChI is InChI=1S/C51H74N18O12/c1-29(2)24-38(66-48(76)39(25-31-12-6-5-7-13-31)63-42(71)28-61-41(70)27-62-44(72)33-14-8-9-15-34(33)52)47(75)65-36(16-10-20-59-50(53)54)45(73)64-37(17-11-21-60-51(55)56)46(74)67-49(77)43(30(3)4)58-23-22-57-35-19-18-32(68(78)79)26-40(35)69(80)81/h5-9,12-15,18-19,26,29-30,36-39,43,57-58H,10-11,16-17,20-25,27-28,52H2,1-4H3,(H,61,70)(H,62,72)(H,63,71)(H,64,73)(H,65,75)(H,66,76)(H4,53,54,59)(H4,55,56,60)(H,67,74,77). The molecule has 0 saturated heterocycles. The Morgan fingerprint density at radius 2 is 1.16 bits per heavy atom. The van der Waals surface area contributed by atoms with E-state index in [0.717, 1.165) is 12.1 Å². The van der Waals surface area contributed by atoms with E-state index in [-0.39, 0.29) is 99.5 Å². The van der Waals surface area contributed by atoms with E-state index in [1.807, 2.05) is 0 Å². The number of carbonyl (C=O) groups is 8. The first-order valence-corrected chi connectivity index (χ1v) is 25.9. The van der Waals surface area contributed by atoms with Crippen LogP contribution in [0.1, 0.15) is 75.7 Å². The number of para-hydroxylation sites is 1.